The highest BCUT2D eigenvalue weighted by atomic mass is 32.1. The molecule has 18 heavy (non-hydrogen) atoms. The summed E-state index contributed by atoms with van der Waals surface area (Å²) in [5, 5.41) is 9.41. The van der Waals surface area contributed by atoms with Crippen LogP contribution in [0.5, 0.6) is 0 Å². The number of rotatable bonds is 4. The van der Waals surface area contributed by atoms with Crippen molar-refractivity contribution in [3.63, 3.8) is 0 Å². The summed E-state index contributed by atoms with van der Waals surface area (Å²) in [5.74, 6) is -1.07. The minimum Gasteiger partial charge on any atom is -0.477 e. The second-order valence-corrected chi connectivity index (χ2v) is 5.98. The van der Waals surface area contributed by atoms with Gasteiger partial charge in [-0.2, -0.15) is 0 Å². The molecule has 0 aromatic carbocycles. The first-order valence-electron chi connectivity index (χ1n) is 5.36. The minimum atomic E-state index is -2.48. The van der Waals surface area contributed by atoms with Crippen LogP contribution >= 0.6 is 11.3 Å². The minimum absolute atomic E-state index is 0.110. The first-order valence-corrected chi connectivity index (χ1v) is 6.18. The smallest absolute Gasteiger partial charge is 0.347 e. The molecule has 0 bridgehead atoms. The summed E-state index contributed by atoms with van der Waals surface area (Å²) in [6.45, 7) is 5.05. The van der Waals surface area contributed by atoms with Gasteiger partial charge in [-0.15, -0.1) is 0 Å². The van der Waals surface area contributed by atoms with E-state index >= 15 is 0 Å². The number of aromatic carboxylic acids is 1. The number of alkyl halides is 2. The van der Waals surface area contributed by atoms with E-state index in [1.54, 1.807) is 0 Å². The van der Waals surface area contributed by atoms with Crippen LogP contribution in [-0.4, -0.2) is 36.1 Å². The predicted octanol–water partition coefficient (Wildman–Crippen LogP) is 2.84. The summed E-state index contributed by atoms with van der Waals surface area (Å²) >= 11 is 0.927. The number of carboxylic acids is 1. The number of anilines is 1. The molecule has 0 saturated carbocycles. The number of aromatic nitrogens is 1. The van der Waals surface area contributed by atoms with Crippen LogP contribution in [0.15, 0.2) is 0 Å². The molecule has 0 spiro atoms. The zero-order valence-corrected chi connectivity index (χ0v) is 11.5. The maximum absolute atomic E-state index is 12.3. The lowest BCUT2D eigenvalue weighted by molar-refractivity contribution is 0.0699. The van der Waals surface area contributed by atoms with E-state index in [0.717, 1.165) is 11.3 Å². The molecule has 0 aliphatic heterocycles. The van der Waals surface area contributed by atoms with Crippen LogP contribution in [-0.2, 0) is 5.41 Å². The van der Waals surface area contributed by atoms with E-state index in [1.165, 1.54) is 11.9 Å². The number of halogens is 2. The van der Waals surface area contributed by atoms with Crippen LogP contribution in [0.3, 0.4) is 0 Å². The molecule has 1 aromatic heterocycles. The highest BCUT2D eigenvalue weighted by Crippen LogP contribution is 2.33. The summed E-state index contributed by atoms with van der Waals surface area (Å²) in [7, 11) is 1.48. The molecule has 0 fully saturated rings. The van der Waals surface area contributed by atoms with Crippen molar-refractivity contribution in [2.75, 3.05) is 18.5 Å². The predicted molar refractivity (Wildman–Crippen MR) is 67.0 cm³/mol. The highest BCUT2D eigenvalue weighted by Gasteiger charge is 2.28. The Labute approximate surface area is 108 Å². The van der Waals surface area contributed by atoms with Crippen LogP contribution in [0.4, 0.5) is 13.9 Å². The highest BCUT2D eigenvalue weighted by molar-refractivity contribution is 7.17. The van der Waals surface area contributed by atoms with Crippen molar-refractivity contribution in [3.8, 4) is 0 Å². The number of hydrogen-bond donors (Lipinski definition) is 1. The Hall–Kier alpha value is -1.24. The second kappa shape index (κ2) is 5.17. The van der Waals surface area contributed by atoms with Gasteiger partial charge in [0.15, 0.2) is 5.13 Å². The van der Waals surface area contributed by atoms with Crippen molar-refractivity contribution in [2.24, 2.45) is 0 Å². The Balaban J connectivity index is 3.14. The quantitative estimate of drug-likeness (QED) is 0.920. The lowest BCUT2D eigenvalue weighted by atomic mass is 9.91. The average Bonchev–Trinajstić information content (AvgIpc) is 2.59. The fourth-order valence-electron chi connectivity index (χ4n) is 1.41. The Morgan fingerprint density at radius 1 is 1.50 bits per heavy atom. The molecular formula is C11H16F2N2O2S. The molecule has 0 amide bonds. The van der Waals surface area contributed by atoms with Crippen molar-refractivity contribution < 1.29 is 18.7 Å². The zero-order chi connectivity index (χ0) is 14.1. The summed E-state index contributed by atoms with van der Waals surface area (Å²) in [4.78, 5) is 16.7. The summed E-state index contributed by atoms with van der Waals surface area (Å²) < 4.78 is 24.6. The maximum Gasteiger partial charge on any atom is 0.347 e. The lowest BCUT2D eigenvalue weighted by Gasteiger charge is -2.17. The lowest BCUT2D eigenvalue weighted by Crippen LogP contribution is -2.24. The van der Waals surface area contributed by atoms with E-state index in [0.29, 0.717) is 10.8 Å². The molecule has 0 aliphatic carbocycles. The van der Waals surface area contributed by atoms with Crippen LogP contribution in [0, 0.1) is 0 Å². The van der Waals surface area contributed by atoms with Gasteiger partial charge < -0.3 is 10.0 Å². The Kier molecular flexibility index (Phi) is 4.26. The summed E-state index contributed by atoms with van der Waals surface area (Å²) in [5.41, 5.74) is -0.00941. The molecule has 7 heteroatoms. The number of carbonyl (C=O) groups is 1. The molecule has 0 saturated heterocycles. The summed E-state index contributed by atoms with van der Waals surface area (Å²) in [6.07, 6.45) is -2.48. The van der Waals surface area contributed by atoms with Crippen molar-refractivity contribution in [2.45, 2.75) is 32.6 Å². The van der Waals surface area contributed by atoms with Crippen molar-refractivity contribution in [1.29, 1.82) is 0 Å². The Morgan fingerprint density at radius 3 is 2.39 bits per heavy atom. The fraction of sp³-hybridized carbons (Fsp3) is 0.636. The van der Waals surface area contributed by atoms with E-state index in [9.17, 15) is 13.6 Å². The van der Waals surface area contributed by atoms with Gasteiger partial charge in [0.05, 0.1) is 12.2 Å². The topological polar surface area (TPSA) is 53.4 Å². The third-order valence-electron chi connectivity index (χ3n) is 2.26. The van der Waals surface area contributed by atoms with Crippen LogP contribution in [0.25, 0.3) is 0 Å². The summed E-state index contributed by atoms with van der Waals surface area (Å²) in [6, 6.07) is 0. The molecule has 1 heterocycles. The van der Waals surface area contributed by atoms with Gasteiger partial charge in [0, 0.05) is 12.5 Å². The van der Waals surface area contributed by atoms with Gasteiger partial charge in [0.1, 0.15) is 4.88 Å². The molecule has 1 rings (SSSR count). The first kappa shape index (κ1) is 14.8. The van der Waals surface area contributed by atoms with Crippen LogP contribution in [0.2, 0.25) is 0 Å². The van der Waals surface area contributed by atoms with Gasteiger partial charge in [-0.05, 0) is 0 Å². The second-order valence-electron chi connectivity index (χ2n) is 5.00. The average molecular weight is 278 g/mol. The van der Waals surface area contributed by atoms with E-state index in [-0.39, 0.29) is 4.88 Å². The number of carboxylic acid groups (broad SMARTS) is 1. The Morgan fingerprint density at radius 2 is 2.06 bits per heavy atom. The molecule has 1 N–H and O–H groups in total. The molecular weight excluding hydrogens is 262 g/mol. The van der Waals surface area contributed by atoms with Gasteiger partial charge >= 0.3 is 5.97 Å². The standard InChI is InChI=1S/C11H16F2N2O2S/c1-11(2,3)8-7(9(16)17)18-10(14-8)15(4)5-6(12)13/h6H,5H2,1-4H3,(H,16,17). The van der Waals surface area contributed by atoms with Gasteiger partial charge in [-0.25, -0.2) is 18.6 Å². The maximum atomic E-state index is 12.3. The van der Waals surface area contributed by atoms with E-state index < -0.39 is 24.4 Å². The third kappa shape index (κ3) is 3.38. The molecule has 0 atom stereocenters. The normalized spacial score (nSPS) is 11.9. The number of hydrogen-bond acceptors (Lipinski definition) is 4. The SMILES string of the molecule is CN(CC(F)F)c1nc(C(C)(C)C)c(C(=O)O)s1. The number of nitrogens with zero attached hydrogens (tertiary/aromatic N) is 2. The first-order chi connectivity index (χ1) is 8.12. The van der Waals surface area contributed by atoms with Crippen molar-refractivity contribution in [1.82, 2.24) is 4.98 Å². The van der Waals surface area contributed by atoms with Gasteiger partial charge in [0.25, 0.3) is 6.43 Å². The fourth-order valence-corrected chi connectivity index (χ4v) is 2.50. The van der Waals surface area contributed by atoms with E-state index in [4.69, 9.17) is 5.11 Å². The third-order valence-corrected chi connectivity index (χ3v) is 3.42. The van der Waals surface area contributed by atoms with Crippen molar-refractivity contribution >= 4 is 22.4 Å². The van der Waals surface area contributed by atoms with Crippen LogP contribution < -0.4 is 4.90 Å². The molecule has 0 unspecified atom stereocenters. The molecule has 102 valence electrons. The van der Waals surface area contributed by atoms with E-state index in [1.807, 2.05) is 20.8 Å². The molecule has 4 nitrogen and oxygen atoms in total. The van der Waals surface area contributed by atoms with Gasteiger partial charge in [-0.1, -0.05) is 32.1 Å². The number of thiazole rings is 1. The monoisotopic (exact) mass is 278 g/mol. The van der Waals surface area contributed by atoms with Gasteiger partial charge in [0.2, 0.25) is 0 Å². The molecule has 0 radical (unpaired) electrons. The van der Waals surface area contributed by atoms with Crippen LogP contribution in [0.1, 0.15) is 36.1 Å². The van der Waals surface area contributed by atoms with E-state index in [2.05, 4.69) is 4.98 Å². The Bertz CT molecular complexity index is 441. The molecule has 1 aromatic rings. The molecule has 0 aliphatic rings. The van der Waals surface area contributed by atoms with Crippen molar-refractivity contribution in [3.05, 3.63) is 10.6 Å². The van der Waals surface area contributed by atoms with Gasteiger partial charge in [-0.3, -0.25) is 0 Å². The largest absolute Gasteiger partial charge is 0.477 e. The zero-order valence-electron chi connectivity index (χ0n) is 10.7.